The van der Waals surface area contributed by atoms with Gasteiger partial charge in [0.2, 0.25) is 0 Å². The summed E-state index contributed by atoms with van der Waals surface area (Å²) in [6.07, 6.45) is 0.424. The summed E-state index contributed by atoms with van der Waals surface area (Å²) >= 11 is 0. The largest absolute Gasteiger partial charge is 0.462 e. The molecule has 15 heavy (non-hydrogen) atoms. The SMILES string of the molecule is COC1(COC(=O)CC(C)(C)C)COC1. The van der Waals surface area contributed by atoms with Crippen LogP contribution < -0.4 is 0 Å². The molecule has 0 radical (unpaired) electrons. The van der Waals surface area contributed by atoms with Crippen molar-refractivity contribution in [2.24, 2.45) is 5.41 Å². The Balaban J connectivity index is 2.27. The van der Waals surface area contributed by atoms with Gasteiger partial charge in [-0.1, -0.05) is 20.8 Å². The van der Waals surface area contributed by atoms with Gasteiger partial charge in [0.1, 0.15) is 12.2 Å². The maximum Gasteiger partial charge on any atom is 0.306 e. The Labute approximate surface area is 90.9 Å². The van der Waals surface area contributed by atoms with Gasteiger partial charge >= 0.3 is 5.97 Å². The zero-order valence-corrected chi connectivity index (χ0v) is 9.96. The predicted octanol–water partition coefficient (Wildman–Crippen LogP) is 1.38. The third kappa shape index (κ3) is 3.80. The minimum Gasteiger partial charge on any atom is -0.462 e. The summed E-state index contributed by atoms with van der Waals surface area (Å²) in [6.45, 7) is 7.32. The summed E-state index contributed by atoms with van der Waals surface area (Å²) in [6, 6.07) is 0. The van der Waals surface area contributed by atoms with E-state index < -0.39 is 5.60 Å². The van der Waals surface area contributed by atoms with Crippen molar-refractivity contribution in [1.29, 1.82) is 0 Å². The summed E-state index contributed by atoms with van der Waals surface area (Å²) in [7, 11) is 1.61. The van der Waals surface area contributed by atoms with E-state index in [4.69, 9.17) is 14.2 Å². The first-order valence-electron chi connectivity index (χ1n) is 5.15. The maximum absolute atomic E-state index is 11.4. The number of ether oxygens (including phenoxy) is 3. The van der Waals surface area contributed by atoms with E-state index in [0.29, 0.717) is 26.2 Å². The summed E-state index contributed by atoms with van der Waals surface area (Å²) in [4.78, 5) is 11.4. The molecule has 0 saturated carbocycles. The quantitative estimate of drug-likeness (QED) is 0.666. The average Bonchev–Trinajstić information content (AvgIpc) is 1.99. The van der Waals surface area contributed by atoms with Crippen LogP contribution in [0.1, 0.15) is 27.2 Å². The molecule has 4 nitrogen and oxygen atoms in total. The third-order valence-corrected chi connectivity index (χ3v) is 2.33. The molecule has 0 spiro atoms. The lowest BCUT2D eigenvalue weighted by atomic mass is 9.92. The Kier molecular flexibility index (Phi) is 3.73. The van der Waals surface area contributed by atoms with Gasteiger partial charge in [0.15, 0.2) is 0 Å². The molecule has 1 heterocycles. The molecule has 1 saturated heterocycles. The normalized spacial score (nSPS) is 19.5. The van der Waals surface area contributed by atoms with Crippen molar-refractivity contribution in [2.75, 3.05) is 26.9 Å². The molecule has 0 unspecified atom stereocenters. The van der Waals surface area contributed by atoms with Gasteiger partial charge in [0.25, 0.3) is 0 Å². The minimum absolute atomic E-state index is 0.0343. The molecule has 0 amide bonds. The van der Waals surface area contributed by atoms with Gasteiger partial charge in [-0.15, -0.1) is 0 Å². The van der Waals surface area contributed by atoms with Gasteiger partial charge in [0, 0.05) is 7.11 Å². The van der Waals surface area contributed by atoms with Crippen LogP contribution in [0, 0.1) is 5.41 Å². The Morgan fingerprint density at radius 2 is 2.00 bits per heavy atom. The van der Waals surface area contributed by atoms with Gasteiger partial charge in [-0.2, -0.15) is 0 Å². The third-order valence-electron chi connectivity index (χ3n) is 2.33. The van der Waals surface area contributed by atoms with Crippen molar-refractivity contribution in [1.82, 2.24) is 0 Å². The molecule has 0 bridgehead atoms. The predicted molar refractivity (Wildman–Crippen MR) is 55.6 cm³/mol. The maximum atomic E-state index is 11.4. The summed E-state index contributed by atoms with van der Waals surface area (Å²) in [5, 5.41) is 0. The molecule has 0 aliphatic carbocycles. The van der Waals surface area contributed by atoms with E-state index in [1.807, 2.05) is 20.8 Å². The standard InChI is InChI=1S/C11H20O4/c1-10(2,3)5-9(12)15-8-11(13-4)6-14-7-11/h5-8H2,1-4H3. The van der Waals surface area contributed by atoms with Crippen molar-refractivity contribution in [2.45, 2.75) is 32.8 Å². The monoisotopic (exact) mass is 216 g/mol. The first kappa shape index (κ1) is 12.5. The van der Waals surface area contributed by atoms with Crippen LogP contribution in [0.15, 0.2) is 0 Å². The van der Waals surface area contributed by atoms with E-state index in [-0.39, 0.29) is 11.4 Å². The molecule has 0 atom stereocenters. The molecule has 1 fully saturated rings. The fourth-order valence-corrected chi connectivity index (χ4v) is 1.29. The Morgan fingerprint density at radius 1 is 1.40 bits per heavy atom. The lowest BCUT2D eigenvalue weighted by Crippen LogP contribution is -2.55. The molecular formula is C11H20O4. The van der Waals surface area contributed by atoms with Crippen LogP contribution in [-0.4, -0.2) is 38.5 Å². The number of methoxy groups -OCH3 is 1. The van der Waals surface area contributed by atoms with E-state index in [0.717, 1.165) is 0 Å². The summed E-state index contributed by atoms with van der Waals surface area (Å²) in [5.74, 6) is -0.175. The van der Waals surface area contributed by atoms with Crippen molar-refractivity contribution in [3.8, 4) is 0 Å². The van der Waals surface area contributed by atoms with Crippen LogP contribution in [-0.2, 0) is 19.0 Å². The van der Waals surface area contributed by atoms with Crippen LogP contribution in [0.2, 0.25) is 0 Å². The Bertz CT molecular complexity index is 220. The van der Waals surface area contributed by atoms with Crippen LogP contribution in [0.4, 0.5) is 0 Å². The molecule has 1 aliphatic heterocycles. The van der Waals surface area contributed by atoms with Crippen LogP contribution in [0.25, 0.3) is 0 Å². The highest BCUT2D eigenvalue weighted by Gasteiger charge is 2.40. The summed E-state index contributed by atoms with van der Waals surface area (Å²) < 4.78 is 15.5. The van der Waals surface area contributed by atoms with E-state index >= 15 is 0 Å². The fourth-order valence-electron chi connectivity index (χ4n) is 1.29. The second-order valence-corrected chi connectivity index (χ2v) is 5.28. The Hall–Kier alpha value is -0.610. The molecule has 4 heteroatoms. The van der Waals surface area contributed by atoms with Crippen LogP contribution >= 0.6 is 0 Å². The topological polar surface area (TPSA) is 44.8 Å². The van der Waals surface area contributed by atoms with Crippen molar-refractivity contribution < 1.29 is 19.0 Å². The van der Waals surface area contributed by atoms with E-state index in [2.05, 4.69) is 0 Å². The summed E-state index contributed by atoms with van der Waals surface area (Å²) in [5.41, 5.74) is -0.430. The molecule has 0 aromatic heterocycles. The first-order chi connectivity index (χ1) is 6.87. The second-order valence-electron chi connectivity index (χ2n) is 5.28. The molecular weight excluding hydrogens is 196 g/mol. The smallest absolute Gasteiger partial charge is 0.306 e. The number of rotatable bonds is 4. The van der Waals surface area contributed by atoms with Gasteiger partial charge in [0.05, 0.1) is 19.6 Å². The van der Waals surface area contributed by atoms with E-state index in [1.165, 1.54) is 0 Å². The van der Waals surface area contributed by atoms with Crippen LogP contribution in [0.5, 0.6) is 0 Å². The number of carbonyl (C=O) groups is 1. The van der Waals surface area contributed by atoms with Crippen LogP contribution in [0.3, 0.4) is 0 Å². The Morgan fingerprint density at radius 3 is 2.33 bits per heavy atom. The minimum atomic E-state index is -0.395. The van der Waals surface area contributed by atoms with Crippen molar-refractivity contribution in [3.05, 3.63) is 0 Å². The van der Waals surface area contributed by atoms with Gasteiger partial charge < -0.3 is 14.2 Å². The van der Waals surface area contributed by atoms with Gasteiger partial charge in [-0.05, 0) is 5.41 Å². The highest BCUT2D eigenvalue weighted by molar-refractivity contribution is 5.70. The van der Waals surface area contributed by atoms with Crippen molar-refractivity contribution >= 4 is 5.97 Å². The number of esters is 1. The fraction of sp³-hybridized carbons (Fsp3) is 0.909. The molecule has 1 rings (SSSR count). The molecule has 0 aromatic rings. The van der Waals surface area contributed by atoms with Gasteiger partial charge in [-0.3, -0.25) is 4.79 Å². The number of carbonyl (C=O) groups excluding carboxylic acids is 1. The zero-order valence-electron chi connectivity index (χ0n) is 9.96. The zero-order chi connectivity index (χ0) is 11.5. The average molecular weight is 216 g/mol. The highest BCUT2D eigenvalue weighted by Crippen LogP contribution is 2.23. The number of hydrogen-bond acceptors (Lipinski definition) is 4. The molecule has 1 aliphatic rings. The lowest BCUT2D eigenvalue weighted by molar-refractivity contribution is -0.220. The molecule has 88 valence electrons. The first-order valence-corrected chi connectivity index (χ1v) is 5.15. The van der Waals surface area contributed by atoms with Crippen molar-refractivity contribution in [3.63, 3.8) is 0 Å². The second kappa shape index (κ2) is 4.49. The highest BCUT2D eigenvalue weighted by atomic mass is 16.6. The van der Waals surface area contributed by atoms with Gasteiger partial charge in [-0.25, -0.2) is 0 Å². The molecule has 0 N–H and O–H groups in total. The van der Waals surface area contributed by atoms with E-state index in [1.54, 1.807) is 7.11 Å². The van der Waals surface area contributed by atoms with E-state index in [9.17, 15) is 4.79 Å². The molecule has 0 aromatic carbocycles. The number of hydrogen-bond donors (Lipinski definition) is 0. The lowest BCUT2D eigenvalue weighted by Gasteiger charge is -2.39.